The maximum Gasteiger partial charge on any atom is 0.240 e. The van der Waals surface area contributed by atoms with Crippen LogP contribution in [0.4, 0.5) is 5.69 Å². The second kappa shape index (κ2) is 5.07. The number of carbonyl (C=O) groups is 1. The molecule has 1 aromatic heterocycles. The first-order valence-electron chi connectivity index (χ1n) is 5.77. The van der Waals surface area contributed by atoms with Crippen LogP contribution in [0.2, 0.25) is 0 Å². The van der Waals surface area contributed by atoms with Crippen molar-refractivity contribution in [2.75, 3.05) is 24.5 Å². The number of aromatic nitrogens is 1. The molecule has 4 nitrogen and oxygen atoms in total. The summed E-state index contributed by atoms with van der Waals surface area (Å²) in [7, 11) is 0. The third-order valence-corrected chi connectivity index (χ3v) is 2.80. The van der Waals surface area contributed by atoms with E-state index in [-0.39, 0.29) is 5.91 Å². The molecule has 16 heavy (non-hydrogen) atoms. The number of anilines is 1. The molecule has 0 unspecified atom stereocenters. The third kappa shape index (κ3) is 2.39. The Bertz CT molecular complexity index is 361. The molecule has 1 N–H and O–H groups in total. The average Bonchev–Trinajstić information content (AvgIpc) is 2.54. The van der Waals surface area contributed by atoms with E-state index in [9.17, 15) is 4.79 Å². The van der Waals surface area contributed by atoms with E-state index in [0.717, 1.165) is 37.3 Å². The Morgan fingerprint density at radius 1 is 1.50 bits per heavy atom. The highest BCUT2D eigenvalue weighted by molar-refractivity contribution is 5.94. The van der Waals surface area contributed by atoms with Crippen LogP contribution >= 0.6 is 0 Å². The van der Waals surface area contributed by atoms with Gasteiger partial charge in [-0.1, -0.05) is 6.92 Å². The zero-order valence-electron chi connectivity index (χ0n) is 9.57. The van der Waals surface area contributed by atoms with E-state index in [2.05, 4.69) is 17.2 Å². The van der Waals surface area contributed by atoms with Gasteiger partial charge in [-0.2, -0.15) is 0 Å². The van der Waals surface area contributed by atoms with Crippen molar-refractivity contribution in [3.63, 3.8) is 0 Å². The monoisotopic (exact) mass is 219 g/mol. The number of hydrogen-bond acceptors (Lipinski definition) is 3. The number of hydrogen-bond donors (Lipinski definition) is 1. The van der Waals surface area contributed by atoms with Gasteiger partial charge in [0.15, 0.2) is 0 Å². The molecular formula is C12H17N3O. The van der Waals surface area contributed by atoms with E-state index >= 15 is 0 Å². The minimum absolute atomic E-state index is 0.128. The molecule has 0 aliphatic carbocycles. The highest BCUT2D eigenvalue weighted by Crippen LogP contribution is 2.15. The van der Waals surface area contributed by atoms with Gasteiger partial charge in [0.25, 0.3) is 0 Å². The molecule has 4 heteroatoms. The predicted molar refractivity (Wildman–Crippen MR) is 63.5 cm³/mol. The number of amides is 1. The smallest absolute Gasteiger partial charge is 0.240 e. The number of aryl methyl sites for hydroxylation is 1. The second-order valence-electron chi connectivity index (χ2n) is 3.94. The topological polar surface area (TPSA) is 45.2 Å². The number of nitrogens with zero attached hydrogens (tertiary/aromatic N) is 2. The quantitative estimate of drug-likeness (QED) is 0.806. The average molecular weight is 219 g/mol. The molecule has 0 radical (unpaired) electrons. The van der Waals surface area contributed by atoms with Crippen LogP contribution in [0.5, 0.6) is 0 Å². The van der Waals surface area contributed by atoms with Crippen LogP contribution in [0, 0.1) is 0 Å². The lowest BCUT2D eigenvalue weighted by Crippen LogP contribution is -2.34. The number of nitrogens with one attached hydrogen (secondary N) is 1. The zero-order chi connectivity index (χ0) is 11.4. The predicted octanol–water partition coefficient (Wildman–Crippen LogP) is 0.970. The van der Waals surface area contributed by atoms with Crippen molar-refractivity contribution in [2.45, 2.75) is 19.8 Å². The SMILES string of the molecule is CCc1ccc(N2CCCNCC2=O)cn1. The van der Waals surface area contributed by atoms with Gasteiger partial charge in [-0.3, -0.25) is 9.78 Å². The summed E-state index contributed by atoms with van der Waals surface area (Å²) in [6.45, 7) is 4.18. The Morgan fingerprint density at radius 3 is 3.06 bits per heavy atom. The molecule has 1 amide bonds. The molecule has 0 saturated carbocycles. The van der Waals surface area contributed by atoms with Gasteiger partial charge in [-0.15, -0.1) is 0 Å². The second-order valence-corrected chi connectivity index (χ2v) is 3.94. The van der Waals surface area contributed by atoms with Gasteiger partial charge in [0.05, 0.1) is 18.4 Å². The van der Waals surface area contributed by atoms with Gasteiger partial charge < -0.3 is 10.2 Å². The number of pyridine rings is 1. The Balaban J connectivity index is 2.17. The van der Waals surface area contributed by atoms with E-state index in [1.807, 2.05) is 17.0 Å². The van der Waals surface area contributed by atoms with Gasteiger partial charge in [0.2, 0.25) is 5.91 Å². The molecule has 86 valence electrons. The Kier molecular flexibility index (Phi) is 3.51. The minimum Gasteiger partial charge on any atom is -0.310 e. The summed E-state index contributed by atoms with van der Waals surface area (Å²) in [6, 6.07) is 3.97. The maximum absolute atomic E-state index is 11.8. The molecule has 0 aromatic carbocycles. The van der Waals surface area contributed by atoms with Crippen molar-refractivity contribution >= 4 is 11.6 Å². The van der Waals surface area contributed by atoms with Crippen molar-refractivity contribution in [1.82, 2.24) is 10.3 Å². The largest absolute Gasteiger partial charge is 0.310 e. The first kappa shape index (κ1) is 11.1. The summed E-state index contributed by atoms with van der Waals surface area (Å²) in [5.74, 6) is 0.128. The fraction of sp³-hybridized carbons (Fsp3) is 0.500. The molecule has 1 fully saturated rings. The Morgan fingerprint density at radius 2 is 2.38 bits per heavy atom. The summed E-state index contributed by atoms with van der Waals surface area (Å²) in [5.41, 5.74) is 1.97. The highest BCUT2D eigenvalue weighted by atomic mass is 16.2. The van der Waals surface area contributed by atoms with Crippen LogP contribution in [0.1, 0.15) is 19.0 Å². The fourth-order valence-corrected chi connectivity index (χ4v) is 1.84. The van der Waals surface area contributed by atoms with Crippen molar-refractivity contribution < 1.29 is 4.79 Å². The van der Waals surface area contributed by atoms with E-state index in [4.69, 9.17) is 0 Å². The molecule has 1 aliphatic heterocycles. The lowest BCUT2D eigenvalue weighted by Gasteiger charge is -2.19. The van der Waals surface area contributed by atoms with Crippen LogP contribution in [-0.2, 0) is 11.2 Å². The van der Waals surface area contributed by atoms with Crippen LogP contribution in [0.15, 0.2) is 18.3 Å². The lowest BCUT2D eigenvalue weighted by atomic mass is 10.2. The van der Waals surface area contributed by atoms with Crippen molar-refractivity contribution in [1.29, 1.82) is 0 Å². The standard InChI is InChI=1S/C12H17N3O/c1-2-10-4-5-11(8-14-10)15-7-3-6-13-9-12(15)16/h4-5,8,13H,2-3,6-7,9H2,1H3. The first-order chi connectivity index (χ1) is 7.81. The molecule has 1 aromatic rings. The summed E-state index contributed by atoms with van der Waals surface area (Å²) in [6.07, 6.45) is 3.71. The molecule has 0 atom stereocenters. The summed E-state index contributed by atoms with van der Waals surface area (Å²) >= 11 is 0. The summed E-state index contributed by atoms with van der Waals surface area (Å²) in [4.78, 5) is 17.9. The molecule has 1 saturated heterocycles. The van der Waals surface area contributed by atoms with Gasteiger partial charge in [0.1, 0.15) is 0 Å². The molecule has 2 heterocycles. The summed E-state index contributed by atoms with van der Waals surface area (Å²) in [5, 5.41) is 3.11. The van der Waals surface area contributed by atoms with Crippen LogP contribution in [-0.4, -0.2) is 30.5 Å². The summed E-state index contributed by atoms with van der Waals surface area (Å²) < 4.78 is 0. The molecule has 2 rings (SSSR count). The van der Waals surface area contributed by atoms with E-state index in [0.29, 0.717) is 6.54 Å². The zero-order valence-corrected chi connectivity index (χ0v) is 9.57. The molecule has 0 bridgehead atoms. The van der Waals surface area contributed by atoms with Gasteiger partial charge in [0, 0.05) is 12.2 Å². The van der Waals surface area contributed by atoms with Crippen LogP contribution in [0.3, 0.4) is 0 Å². The third-order valence-electron chi connectivity index (χ3n) is 2.80. The Hall–Kier alpha value is -1.42. The number of carbonyl (C=O) groups excluding carboxylic acids is 1. The van der Waals surface area contributed by atoms with Crippen LogP contribution < -0.4 is 10.2 Å². The highest BCUT2D eigenvalue weighted by Gasteiger charge is 2.17. The lowest BCUT2D eigenvalue weighted by molar-refractivity contribution is -0.117. The number of rotatable bonds is 2. The first-order valence-corrected chi connectivity index (χ1v) is 5.77. The van der Waals surface area contributed by atoms with E-state index < -0.39 is 0 Å². The maximum atomic E-state index is 11.8. The molecule has 1 aliphatic rings. The minimum atomic E-state index is 0.128. The van der Waals surface area contributed by atoms with Crippen molar-refractivity contribution in [2.24, 2.45) is 0 Å². The van der Waals surface area contributed by atoms with E-state index in [1.165, 1.54) is 0 Å². The van der Waals surface area contributed by atoms with Crippen molar-refractivity contribution in [3.8, 4) is 0 Å². The molecular weight excluding hydrogens is 202 g/mol. The van der Waals surface area contributed by atoms with Crippen molar-refractivity contribution in [3.05, 3.63) is 24.0 Å². The van der Waals surface area contributed by atoms with E-state index in [1.54, 1.807) is 6.20 Å². The Labute approximate surface area is 95.7 Å². The van der Waals surface area contributed by atoms with Gasteiger partial charge in [-0.05, 0) is 31.5 Å². The van der Waals surface area contributed by atoms with Crippen LogP contribution in [0.25, 0.3) is 0 Å². The fourth-order valence-electron chi connectivity index (χ4n) is 1.84. The normalized spacial score (nSPS) is 17.3. The van der Waals surface area contributed by atoms with Gasteiger partial charge in [-0.25, -0.2) is 0 Å². The molecule has 0 spiro atoms. The van der Waals surface area contributed by atoms with Gasteiger partial charge >= 0.3 is 0 Å².